The number of benzene rings is 1. The number of ether oxygens (including phenoxy) is 2. The Morgan fingerprint density at radius 1 is 1.02 bits per heavy atom. The molecule has 0 aliphatic carbocycles. The number of likely N-dealkylation sites (tertiary alicyclic amines) is 1. The summed E-state index contributed by atoms with van der Waals surface area (Å²) in [5.74, 6) is -3.17. The van der Waals surface area contributed by atoms with Gasteiger partial charge < -0.3 is 29.3 Å². The molecule has 10 nitrogen and oxygen atoms in total. The van der Waals surface area contributed by atoms with E-state index in [9.17, 15) is 24.3 Å². The van der Waals surface area contributed by atoms with Gasteiger partial charge in [0, 0.05) is 38.7 Å². The van der Waals surface area contributed by atoms with Gasteiger partial charge in [0.15, 0.2) is 0 Å². The molecule has 1 aromatic carbocycles. The fraction of sp³-hybridized carbons (Fsp3) is 0.588. The maximum atomic E-state index is 14.6. The fourth-order valence-corrected chi connectivity index (χ4v) is 7.10. The van der Waals surface area contributed by atoms with Gasteiger partial charge in [-0.1, -0.05) is 54.6 Å². The Labute approximate surface area is 259 Å². The molecule has 4 aliphatic rings. The van der Waals surface area contributed by atoms with Crippen molar-refractivity contribution in [2.24, 2.45) is 11.8 Å². The van der Waals surface area contributed by atoms with Crippen LogP contribution in [0.2, 0.25) is 0 Å². The number of esters is 1. The van der Waals surface area contributed by atoms with E-state index in [1.165, 1.54) is 0 Å². The molecule has 4 heterocycles. The van der Waals surface area contributed by atoms with Crippen LogP contribution in [0, 0.1) is 11.8 Å². The normalized spacial score (nSPS) is 33.6. The van der Waals surface area contributed by atoms with Gasteiger partial charge in [-0.3, -0.25) is 19.2 Å². The molecule has 4 aliphatic heterocycles. The summed E-state index contributed by atoms with van der Waals surface area (Å²) in [4.78, 5) is 61.2. The van der Waals surface area contributed by atoms with Crippen molar-refractivity contribution in [3.05, 3.63) is 60.2 Å². The van der Waals surface area contributed by atoms with E-state index in [1.54, 1.807) is 33.9 Å². The quantitative estimate of drug-likeness (QED) is 0.311. The fourth-order valence-electron chi connectivity index (χ4n) is 7.10. The Balaban J connectivity index is 1.60. The Morgan fingerprint density at radius 2 is 1.75 bits per heavy atom. The highest BCUT2D eigenvalue weighted by Gasteiger charge is 2.73. The number of fused-ring (bicyclic) bond motifs is 2. The highest BCUT2D eigenvalue weighted by atomic mass is 16.6. The van der Waals surface area contributed by atoms with Crippen molar-refractivity contribution >= 4 is 23.7 Å². The van der Waals surface area contributed by atoms with Crippen LogP contribution in [-0.2, 0) is 28.7 Å². The second-order valence-electron chi connectivity index (χ2n) is 13.3. The minimum absolute atomic E-state index is 0.0302. The molecule has 5 rings (SSSR count). The molecule has 1 spiro atoms. The number of likely N-dealkylation sites (N-methyl/N-ethyl adjacent to an activating group) is 1. The van der Waals surface area contributed by atoms with Crippen molar-refractivity contribution in [1.29, 1.82) is 0 Å². The summed E-state index contributed by atoms with van der Waals surface area (Å²) in [6.07, 6.45) is 7.59. The first kappa shape index (κ1) is 31.9. The maximum Gasteiger partial charge on any atom is 0.313 e. The lowest BCUT2D eigenvalue weighted by Crippen LogP contribution is -2.59. The lowest BCUT2D eigenvalue weighted by atomic mass is 9.74. The summed E-state index contributed by atoms with van der Waals surface area (Å²) in [6, 6.07) is 7.83. The molecule has 44 heavy (non-hydrogen) atoms. The van der Waals surface area contributed by atoms with Crippen LogP contribution in [0.5, 0.6) is 0 Å². The number of carbonyl (C=O) groups excluding carboxylic acids is 4. The molecule has 0 aromatic heterocycles. The van der Waals surface area contributed by atoms with E-state index in [-0.39, 0.29) is 43.8 Å². The third-order valence-corrected chi connectivity index (χ3v) is 9.56. The Bertz CT molecular complexity index is 1320. The van der Waals surface area contributed by atoms with Crippen molar-refractivity contribution in [3.63, 3.8) is 0 Å². The smallest absolute Gasteiger partial charge is 0.313 e. The summed E-state index contributed by atoms with van der Waals surface area (Å²) in [6.45, 7) is 8.18. The van der Waals surface area contributed by atoms with Crippen LogP contribution < -0.4 is 0 Å². The first-order valence-corrected chi connectivity index (χ1v) is 15.7. The average molecular weight is 608 g/mol. The van der Waals surface area contributed by atoms with Crippen LogP contribution in [0.1, 0.15) is 65.0 Å². The predicted molar refractivity (Wildman–Crippen MR) is 163 cm³/mol. The zero-order chi connectivity index (χ0) is 31.8. The standard InChI is InChI=1S/C34H45N3O7/c1-22-28(23-14-8-6-9-15-23)43-32(42)26-24-17-18-34(44-24)27(26)30(40)36(19-12-13-21-38)29(34)31(41)37(33(2,3)4)20-11-7-10-16-25(39)35(22)5/h6-9,11,14-15,17-18,22,24,26-29,38H,10,12-13,16,19-21H2,1-5H3/b11-7-/t22-,24+,26-,27-,28+,29+,34-/m0/s1. The molecule has 0 radical (unpaired) electrons. The second kappa shape index (κ2) is 12.5. The summed E-state index contributed by atoms with van der Waals surface area (Å²) in [5.41, 5.74) is -1.17. The van der Waals surface area contributed by atoms with E-state index in [4.69, 9.17) is 9.47 Å². The van der Waals surface area contributed by atoms with Gasteiger partial charge in [-0.25, -0.2) is 0 Å². The van der Waals surface area contributed by atoms with Crippen LogP contribution in [0.25, 0.3) is 0 Å². The van der Waals surface area contributed by atoms with Crippen LogP contribution >= 0.6 is 0 Å². The van der Waals surface area contributed by atoms with Gasteiger partial charge in [-0.05, 0) is 52.5 Å². The third kappa shape index (κ3) is 5.58. The number of rotatable bonds is 5. The predicted octanol–water partition coefficient (Wildman–Crippen LogP) is 3.02. The van der Waals surface area contributed by atoms with Crippen LogP contribution in [0.4, 0.5) is 0 Å². The molecule has 2 saturated heterocycles. The van der Waals surface area contributed by atoms with Gasteiger partial charge in [0.25, 0.3) is 0 Å². The van der Waals surface area contributed by atoms with E-state index >= 15 is 0 Å². The van der Waals surface area contributed by atoms with Crippen LogP contribution in [0.15, 0.2) is 54.6 Å². The molecule has 1 N–H and O–H groups in total. The number of allylic oxidation sites excluding steroid dienone is 1. The van der Waals surface area contributed by atoms with Crippen LogP contribution in [0.3, 0.4) is 0 Å². The van der Waals surface area contributed by atoms with Crippen molar-refractivity contribution < 1.29 is 33.8 Å². The summed E-state index contributed by atoms with van der Waals surface area (Å²) < 4.78 is 12.8. The zero-order valence-electron chi connectivity index (χ0n) is 26.3. The summed E-state index contributed by atoms with van der Waals surface area (Å²) in [7, 11) is 1.71. The van der Waals surface area contributed by atoms with Crippen molar-refractivity contribution in [1.82, 2.24) is 14.7 Å². The Kier molecular flexibility index (Phi) is 9.05. The number of carbonyl (C=O) groups is 4. The van der Waals surface area contributed by atoms with Gasteiger partial charge >= 0.3 is 5.97 Å². The topological polar surface area (TPSA) is 117 Å². The number of aliphatic hydroxyl groups excluding tert-OH is 1. The van der Waals surface area contributed by atoms with Gasteiger partial charge in [0.05, 0.1) is 18.1 Å². The number of hydrogen-bond donors (Lipinski definition) is 1. The highest BCUT2D eigenvalue weighted by Crippen LogP contribution is 2.56. The largest absolute Gasteiger partial charge is 0.455 e. The molecular formula is C34H45N3O7. The van der Waals surface area contributed by atoms with Gasteiger partial charge in [0.2, 0.25) is 17.7 Å². The van der Waals surface area contributed by atoms with E-state index in [1.807, 2.05) is 70.2 Å². The number of cyclic esters (lactones) is 1. The van der Waals surface area contributed by atoms with E-state index < -0.39 is 53.2 Å². The molecule has 1 aromatic rings. The number of nitrogens with zero attached hydrogens (tertiary/aromatic N) is 3. The Morgan fingerprint density at radius 3 is 2.43 bits per heavy atom. The van der Waals surface area contributed by atoms with E-state index in [0.29, 0.717) is 19.3 Å². The van der Waals surface area contributed by atoms with Crippen molar-refractivity contribution in [2.75, 3.05) is 26.7 Å². The van der Waals surface area contributed by atoms with Crippen molar-refractivity contribution in [2.45, 2.75) is 88.8 Å². The second-order valence-corrected chi connectivity index (χ2v) is 13.3. The molecule has 0 unspecified atom stereocenters. The van der Waals surface area contributed by atoms with Gasteiger partial charge in [-0.2, -0.15) is 0 Å². The maximum absolute atomic E-state index is 14.6. The van der Waals surface area contributed by atoms with E-state index in [0.717, 1.165) is 5.56 Å². The van der Waals surface area contributed by atoms with Gasteiger partial charge in [-0.15, -0.1) is 0 Å². The molecule has 7 atom stereocenters. The Hall–Kier alpha value is -3.50. The molecular weight excluding hydrogens is 562 g/mol. The first-order chi connectivity index (χ1) is 20.9. The molecule has 2 fully saturated rings. The monoisotopic (exact) mass is 607 g/mol. The molecule has 0 saturated carbocycles. The minimum atomic E-state index is -1.32. The first-order valence-electron chi connectivity index (χ1n) is 15.7. The molecule has 238 valence electrons. The van der Waals surface area contributed by atoms with E-state index in [2.05, 4.69) is 0 Å². The summed E-state index contributed by atoms with van der Waals surface area (Å²) in [5, 5.41) is 9.45. The van der Waals surface area contributed by atoms with Crippen LogP contribution in [-0.4, -0.2) is 99.6 Å². The number of amides is 3. The minimum Gasteiger partial charge on any atom is -0.455 e. The number of hydrogen-bond acceptors (Lipinski definition) is 7. The third-order valence-electron chi connectivity index (χ3n) is 9.56. The highest BCUT2D eigenvalue weighted by molar-refractivity contribution is 5.99. The lowest BCUT2D eigenvalue weighted by molar-refractivity contribution is -0.164. The number of aliphatic hydroxyl groups is 1. The molecule has 3 amide bonds. The number of unbranched alkanes of at least 4 members (excludes halogenated alkanes) is 1. The average Bonchev–Trinajstić information content (AvgIpc) is 3.63. The lowest BCUT2D eigenvalue weighted by Gasteiger charge is -2.41. The summed E-state index contributed by atoms with van der Waals surface area (Å²) >= 11 is 0. The van der Waals surface area contributed by atoms with Gasteiger partial charge in [0.1, 0.15) is 23.7 Å². The molecule has 5 bridgehead atoms. The van der Waals surface area contributed by atoms with Crippen molar-refractivity contribution in [3.8, 4) is 0 Å². The SMILES string of the molecule is C[C@H]1[C@H](c2ccccc2)OC(=O)[C@@H]2[C@H]3C(=O)N(CCCCO)[C@H](C(=O)N(C(C)(C)C)C/C=C\CCC(=O)N1C)[C@]31C=C[C@H]2O1. The zero-order valence-corrected chi connectivity index (χ0v) is 26.3. The molecule has 10 heteroatoms.